The van der Waals surface area contributed by atoms with Crippen LogP contribution in [0, 0.1) is 0 Å². The van der Waals surface area contributed by atoms with Crippen molar-refractivity contribution in [3.63, 3.8) is 0 Å². The van der Waals surface area contributed by atoms with Gasteiger partial charge in [0.05, 0.1) is 6.61 Å². The molecule has 4 nitrogen and oxygen atoms in total. The van der Waals surface area contributed by atoms with Crippen molar-refractivity contribution in [2.45, 2.75) is 84.4 Å². The summed E-state index contributed by atoms with van der Waals surface area (Å²) in [5.74, 6) is -0.489. The Bertz CT molecular complexity index is 391. The van der Waals surface area contributed by atoms with Crippen molar-refractivity contribution in [3.05, 3.63) is 12.2 Å². The summed E-state index contributed by atoms with van der Waals surface area (Å²) in [6.07, 6.45) is 1.71. The molecule has 0 heterocycles. The Morgan fingerprint density at radius 2 is 1.43 bits per heavy atom. The molecular formula is C18H34O4Si. The van der Waals surface area contributed by atoms with Crippen LogP contribution in [0.3, 0.4) is 0 Å². The molecule has 0 saturated carbocycles. The predicted octanol–water partition coefficient (Wildman–Crippen LogP) is 4.99. The van der Waals surface area contributed by atoms with Gasteiger partial charge >= 0.3 is 5.97 Å². The zero-order chi connectivity index (χ0) is 18.2. The van der Waals surface area contributed by atoms with Gasteiger partial charge in [0, 0.05) is 12.0 Å². The van der Waals surface area contributed by atoms with Crippen LogP contribution in [0.4, 0.5) is 0 Å². The maximum atomic E-state index is 12.3. The number of carbonyl (C=O) groups excluding carboxylic acids is 2. The molecule has 0 spiro atoms. The lowest BCUT2D eigenvalue weighted by molar-refractivity contribution is -0.139. The van der Waals surface area contributed by atoms with E-state index in [1.165, 1.54) is 0 Å². The summed E-state index contributed by atoms with van der Waals surface area (Å²) >= 11 is 0. The zero-order valence-electron chi connectivity index (χ0n) is 15.9. The third kappa shape index (κ3) is 6.49. The molecule has 0 aromatic rings. The highest BCUT2D eigenvalue weighted by atomic mass is 28.4. The monoisotopic (exact) mass is 342 g/mol. The molecule has 0 rings (SSSR count). The van der Waals surface area contributed by atoms with Gasteiger partial charge in [-0.3, -0.25) is 4.79 Å². The van der Waals surface area contributed by atoms with Gasteiger partial charge in [0.2, 0.25) is 0 Å². The summed E-state index contributed by atoms with van der Waals surface area (Å²) in [6.45, 7) is 18.4. The van der Waals surface area contributed by atoms with Crippen molar-refractivity contribution < 1.29 is 18.8 Å². The summed E-state index contributed by atoms with van der Waals surface area (Å²) in [5, 5.41) is 0. The first-order chi connectivity index (χ1) is 10.6. The summed E-state index contributed by atoms with van der Waals surface area (Å²) in [4.78, 5) is 23.5. The molecule has 0 aromatic carbocycles. The zero-order valence-corrected chi connectivity index (χ0v) is 16.9. The summed E-state index contributed by atoms with van der Waals surface area (Å²) in [6, 6.07) is 0. The van der Waals surface area contributed by atoms with Gasteiger partial charge in [0.25, 0.3) is 14.3 Å². The number of ether oxygens (including phenoxy) is 1. The van der Waals surface area contributed by atoms with Crippen molar-refractivity contribution >= 4 is 20.3 Å². The Balaban J connectivity index is 4.40. The number of esters is 1. The van der Waals surface area contributed by atoms with Gasteiger partial charge in [0.1, 0.15) is 0 Å². The minimum absolute atomic E-state index is 0.112. The van der Waals surface area contributed by atoms with E-state index in [9.17, 15) is 9.59 Å². The first-order valence-corrected chi connectivity index (χ1v) is 10.7. The van der Waals surface area contributed by atoms with Gasteiger partial charge in [-0.1, -0.05) is 48.1 Å². The van der Waals surface area contributed by atoms with Crippen molar-refractivity contribution in [2.24, 2.45) is 0 Å². The van der Waals surface area contributed by atoms with E-state index in [0.717, 1.165) is 0 Å². The maximum absolute atomic E-state index is 12.3. The second-order valence-corrected chi connectivity index (χ2v) is 12.5. The summed E-state index contributed by atoms with van der Waals surface area (Å²) in [7, 11) is -2.14. The van der Waals surface area contributed by atoms with Crippen LogP contribution in [0.2, 0.25) is 16.6 Å². The van der Waals surface area contributed by atoms with Gasteiger partial charge in [-0.05, 0) is 36.4 Å². The van der Waals surface area contributed by atoms with Crippen LogP contribution in [0.25, 0.3) is 0 Å². The highest BCUT2D eigenvalue weighted by molar-refractivity contribution is 6.78. The maximum Gasteiger partial charge on any atom is 0.333 e. The van der Waals surface area contributed by atoms with E-state index in [0.29, 0.717) is 48.1 Å². The van der Waals surface area contributed by atoms with Crippen molar-refractivity contribution in [1.82, 2.24) is 0 Å². The third-order valence-corrected chi connectivity index (χ3v) is 10.4. The number of unbranched alkanes of at least 4 members (excludes halogenated alkanes) is 1. The number of rotatable bonds is 10. The summed E-state index contributed by atoms with van der Waals surface area (Å²) in [5.41, 5.74) is 1.57. The van der Waals surface area contributed by atoms with Crippen molar-refractivity contribution in [3.8, 4) is 0 Å². The molecule has 0 unspecified atom stereocenters. The normalized spacial score (nSPS) is 11.9. The molecule has 0 saturated heterocycles. The van der Waals surface area contributed by atoms with Crippen molar-refractivity contribution in [2.75, 3.05) is 6.61 Å². The van der Waals surface area contributed by atoms with E-state index in [4.69, 9.17) is 9.16 Å². The van der Waals surface area contributed by atoms with Gasteiger partial charge in [-0.15, -0.1) is 0 Å². The lowest BCUT2D eigenvalue weighted by Crippen LogP contribution is -2.49. The molecule has 0 radical (unpaired) electrons. The average Bonchev–Trinajstić information content (AvgIpc) is 2.42. The van der Waals surface area contributed by atoms with E-state index < -0.39 is 8.32 Å². The minimum atomic E-state index is -2.14. The van der Waals surface area contributed by atoms with Gasteiger partial charge in [-0.2, -0.15) is 0 Å². The minimum Gasteiger partial charge on any atom is -0.518 e. The average molecular weight is 343 g/mol. The summed E-state index contributed by atoms with van der Waals surface area (Å²) < 4.78 is 11.1. The Hall–Kier alpha value is -1.10. The van der Waals surface area contributed by atoms with Crippen LogP contribution in [0.5, 0.6) is 0 Å². The fraction of sp³-hybridized carbons (Fsp3) is 0.778. The van der Waals surface area contributed by atoms with Crippen LogP contribution in [-0.2, 0) is 18.8 Å². The Morgan fingerprint density at radius 1 is 0.957 bits per heavy atom. The Kier molecular flexibility index (Phi) is 9.43. The quantitative estimate of drug-likeness (QED) is 0.243. The van der Waals surface area contributed by atoms with Gasteiger partial charge in [0.15, 0.2) is 0 Å². The standard InChI is InChI=1S/C18H34O4Si/c1-13(2)18(20)21-12-10-9-11-17(19)22-23(14(3)4,15(5)6)16(7)8/h14-16H,1,9-12H2,2-8H3. The van der Waals surface area contributed by atoms with Crippen LogP contribution in [-0.4, -0.2) is 26.9 Å². The second-order valence-electron chi connectivity index (χ2n) is 7.17. The fourth-order valence-corrected chi connectivity index (χ4v) is 8.46. The van der Waals surface area contributed by atoms with E-state index in [1.807, 2.05) is 0 Å². The van der Waals surface area contributed by atoms with Crippen molar-refractivity contribution in [1.29, 1.82) is 0 Å². The molecule has 0 bridgehead atoms. The molecule has 0 N–H and O–H groups in total. The molecule has 0 atom stereocenters. The number of hydrogen-bond donors (Lipinski definition) is 0. The smallest absolute Gasteiger partial charge is 0.333 e. The van der Waals surface area contributed by atoms with Crippen LogP contribution in [0.1, 0.15) is 67.7 Å². The molecule has 0 aromatic heterocycles. The van der Waals surface area contributed by atoms with E-state index in [1.54, 1.807) is 6.92 Å². The first kappa shape index (κ1) is 21.9. The lowest BCUT2D eigenvalue weighted by atomic mass is 10.2. The van der Waals surface area contributed by atoms with E-state index in [-0.39, 0.29) is 11.9 Å². The molecule has 23 heavy (non-hydrogen) atoms. The SMILES string of the molecule is C=C(C)C(=O)OCCCCC(=O)O[Si](C(C)C)(C(C)C)C(C)C. The van der Waals surface area contributed by atoms with E-state index >= 15 is 0 Å². The van der Waals surface area contributed by atoms with Crippen LogP contribution >= 0.6 is 0 Å². The van der Waals surface area contributed by atoms with Crippen LogP contribution < -0.4 is 0 Å². The second kappa shape index (κ2) is 9.91. The highest BCUT2D eigenvalue weighted by Crippen LogP contribution is 2.42. The lowest BCUT2D eigenvalue weighted by Gasteiger charge is -2.41. The molecule has 0 amide bonds. The van der Waals surface area contributed by atoms with Gasteiger partial charge < -0.3 is 9.16 Å². The highest BCUT2D eigenvalue weighted by Gasteiger charge is 2.47. The van der Waals surface area contributed by atoms with Crippen LogP contribution in [0.15, 0.2) is 12.2 Å². The van der Waals surface area contributed by atoms with Gasteiger partial charge in [-0.25, -0.2) is 4.79 Å². The molecule has 0 fully saturated rings. The van der Waals surface area contributed by atoms with E-state index in [2.05, 4.69) is 48.1 Å². The third-order valence-electron chi connectivity index (χ3n) is 4.35. The Labute approximate surface area is 142 Å². The molecule has 0 aliphatic carbocycles. The molecule has 134 valence electrons. The first-order valence-electron chi connectivity index (χ1n) is 8.60. The topological polar surface area (TPSA) is 52.6 Å². The number of carbonyl (C=O) groups is 2. The largest absolute Gasteiger partial charge is 0.518 e. The number of hydrogen-bond acceptors (Lipinski definition) is 4. The Morgan fingerprint density at radius 3 is 1.83 bits per heavy atom. The molecule has 5 heteroatoms. The molecular weight excluding hydrogens is 308 g/mol. The fourth-order valence-electron chi connectivity index (χ4n) is 3.26. The predicted molar refractivity (Wildman–Crippen MR) is 96.8 cm³/mol. The molecule has 0 aliphatic rings. The molecule has 0 aliphatic heterocycles.